The maximum absolute atomic E-state index is 5.91. The van der Waals surface area contributed by atoms with Crippen LogP contribution in [0.1, 0.15) is 17.0 Å². The second-order valence-electron chi connectivity index (χ2n) is 5.03. The van der Waals surface area contributed by atoms with E-state index in [0.717, 1.165) is 41.9 Å². The van der Waals surface area contributed by atoms with E-state index in [4.69, 9.17) is 16.6 Å². The first kappa shape index (κ1) is 14.0. The molecule has 3 heterocycles. The summed E-state index contributed by atoms with van der Waals surface area (Å²) in [6, 6.07) is 6.04. The lowest BCUT2D eigenvalue weighted by atomic mass is 10.2. The predicted molar refractivity (Wildman–Crippen MR) is 84.6 cm³/mol. The number of rotatable bonds is 5. The molecule has 0 aliphatic heterocycles. The van der Waals surface area contributed by atoms with Crippen molar-refractivity contribution in [3.05, 3.63) is 53.7 Å². The van der Waals surface area contributed by atoms with E-state index in [9.17, 15) is 0 Å². The Labute approximate surface area is 128 Å². The summed E-state index contributed by atoms with van der Waals surface area (Å²) in [5.41, 5.74) is 4.28. The van der Waals surface area contributed by atoms with Gasteiger partial charge in [-0.15, -0.1) is 11.6 Å². The second kappa shape index (κ2) is 6.22. The molecule has 0 fully saturated rings. The van der Waals surface area contributed by atoms with E-state index in [0.29, 0.717) is 5.88 Å². The molecule has 0 aliphatic rings. The summed E-state index contributed by atoms with van der Waals surface area (Å²) in [5, 5.41) is 0. The third-order valence-electron chi connectivity index (χ3n) is 3.58. The van der Waals surface area contributed by atoms with E-state index in [1.807, 2.05) is 24.5 Å². The quantitative estimate of drug-likeness (QED) is 0.680. The Kier molecular flexibility index (Phi) is 4.15. The van der Waals surface area contributed by atoms with Crippen molar-refractivity contribution in [1.29, 1.82) is 0 Å². The monoisotopic (exact) mass is 300 g/mol. The summed E-state index contributed by atoms with van der Waals surface area (Å²) in [6.07, 6.45) is 7.19. The number of aromatic nitrogens is 4. The van der Waals surface area contributed by atoms with Crippen LogP contribution in [0.5, 0.6) is 0 Å². The van der Waals surface area contributed by atoms with Crippen LogP contribution in [0, 0.1) is 6.92 Å². The van der Waals surface area contributed by atoms with Crippen LogP contribution in [0.4, 0.5) is 0 Å². The molecule has 3 rings (SSSR count). The van der Waals surface area contributed by atoms with E-state index < -0.39 is 0 Å². The Morgan fingerprint density at radius 2 is 2.10 bits per heavy atom. The molecule has 0 N–H and O–H groups in total. The summed E-state index contributed by atoms with van der Waals surface area (Å²) < 4.78 is 2.18. The first-order chi connectivity index (χ1) is 10.3. The van der Waals surface area contributed by atoms with Gasteiger partial charge in [0.05, 0.1) is 0 Å². The van der Waals surface area contributed by atoms with Crippen LogP contribution in [0.25, 0.3) is 11.2 Å². The minimum absolute atomic E-state index is 0.565. The molecular weight excluding hydrogens is 284 g/mol. The average molecular weight is 301 g/mol. The van der Waals surface area contributed by atoms with Crippen LogP contribution in [0.15, 0.2) is 36.8 Å². The molecule has 3 aromatic rings. The smallest absolute Gasteiger partial charge is 0.160 e. The van der Waals surface area contributed by atoms with Gasteiger partial charge in [0.1, 0.15) is 11.3 Å². The molecule has 0 aromatic carbocycles. The molecule has 108 valence electrons. The average Bonchev–Trinajstić information content (AvgIpc) is 2.86. The van der Waals surface area contributed by atoms with Crippen molar-refractivity contribution < 1.29 is 0 Å². The van der Waals surface area contributed by atoms with E-state index in [1.54, 1.807) is 6.20 Å². The van der Waals surface area contributed by atoms with E-state index in [-0.39, 0.29) is 0 Å². The molecule has 3 aromatic heterocycles. The number of nitrogens with zero attached hydrogens (tertiary/aromatic N) is 4. The Morgan fingerprint density at radius 1 is 1.19 bits per heavy atom. The zero-order valence-electron chi connectivity index (χ0n) is 12.0. The number of hydrogen-bond acceptors (Lipinski definition) is 3. The molecule has 0 spiro atoms. The van der Waals surface area contributed by atoms with Gasteiger partial charge < -0.3 is 4.57 Å². The number of fused-ring (bicyclic) bond motifs is 1. The van der Waals surface area contributed by atoms with Gasteiger partial charge in [-0.1, -0.05) is 6.07 Å². The van der Waals surface area contributed by atoms with Gasteiger partial charge in [0.25, 0.3) is 0 Å². The molecule has 0 unspecified atom stereocenters. The Balaban J connectivity index is 1.95. The van der Waals surface area contributed by atoms with Crippen LogP contribution >= 0.6 is 11.6 Å². The zero-order valence-corrected chi connectivity index (χ0v) is 12.7. The molecule has 0 saturated heterocycles. The van der Waals surface area contributed by atoms with Gasteiger partial charge in [-0.25, -0.2) is 9.97 Å². The summed E-state index contributed by atoms with van der Waals surface area (Å²) >= 11 is 5.91. The molecule has 0 atom stereocenters. The van der Waals surface area contributed by atoms with Crippen molar-refractivity contribution in [2.75, 3.05) is 5.88 Å². The topological polar surface area (TPSA) is 43.6 Å². The number of alkyl halides is 1. The molecule has 4 nitrogen and oxygen atoms in total. The minimum atomic E-state index is 0.565. The normalized spacial score (nSPS) is 11.1. The first-order valence-electron chi connectivity index (χ1n) is 7.05. The summed E-state index contributed by atoms with van der Waals surface area (Å²) in [5.74, 6) is 1.57. The van der Waals surface area contributed by atoms with Crippen molar-refractivity contribution in [2.45, 2.75) is 26.3 Å². The van der Waals surface area contributed by atoms with Crippen LogP contribution in [-0.2, 0) is 19.4 Å². The molecule has 0 amide bonds. The van der Waals surface area contributed by atoms with Gasteiger partial charge in [0.15, 0.2) is 5.65 Å². The van der Waals surface area contributed by atoms with Gasteiger partial charge >= 0.3 is 0 Å². The van der Waals surface area contributed by atoms with Gasteiger partial charge in [-0.05, 0) is 36.6 Å². The highest BCUT2D eigenvalue weighted by molar-refractivity contribution is 6.17. The highest BCUT2D eigenvalue weighted by atomic mass is 35.5. The maximum Gasteiger partial charge on any atom is 0.160 e. The fourth-order valence-electron chi connectivity index (χ4n) is 2.48. The van der Waals surface area contributed by atoms with Gasteiger partial charge in [0.2, 0.25) is 0 Å². The number of pyridine rings is 2. The second-order valence-corrected chi connectivity index (χ2v) is 5.41. The standard InChI is InChI=1S/C16H17ClN4/c1-12-5-9-19-16-15(12)20-14(4-7-17)21(16)10-6-13-3-2-8-18-11-13/h2-3,5,8-9,11H,4,6-7,10H2,1H3. The Morgan fingerprint density at radius 3 is 2.86 bits per heavy atom. The predicted octanol–water partition coefficient (Wildman–Crippen LogP) is 3.16. The largest absolute Gasteiger partial charge is 0.312 e. The molecule has 0 aliphatic carbocycles. The van der Waals surface area contributed by atoms with Crippen molar-refractivity contribution in [3.8, 4) is 0 Å². The lowest BCUT2D eigenvalue weighted by molar-refractivity contribution is 0.668. The minimum Gasteiger partial charge on any atom is -0.312 e. The van der Waals surface area contributed by atoms with Gasteiger partial charge in [-0.3, -0.25) is 4.98 Å². The number of aryl methyl sites for hydroxylation is 4. The summed E-state index contributed by atoms with van der Waals surface area (Å²) in [6.45, 7) is 2.90. The highest BCUT2D eigenvalue weighted by Gasteiger charge is 2.12. The van der Waals surface area contributed by atoms with Crippen molar-refractivity contribution >= 4 is 22.8 Å². The third kappa shape index (κ3) is 2.90. The van der Waals surface area contributed by atoms with Crippen LogP contribution in [-0.4, -0.2) is 25.4 Å². The fraction of sp³-hybridized carbons (Fsp3) is 0.312. The van der Waals surface area contributed by atoms with Gasteiger partial charge in [-0.2, -0.15) is 0 Å². The lowest BCUT2D eigenvalue weighted by Crippen LogP contribution is -2.07. The van der Waals surface area contributed by atoms with Crippen LogP contribution in [0.3, 0.4) is 0 Å². The van der Waals surface area contributed by atoms with Crippen LogP contribution in [0.2, 0.25) is 0 Å². The molecule has 0 radical (unpaired) electrons. The van der Waals surface area contributed by atoms with Gasteiger partial charge in [0, 0.05) is 37.4 Å². The molecule has 5 heteroatoms. The summed E-state index contributed by atoms with van der Waals surface area (Å²) in [7, 11) is 0. The van der Waals surface area contributed by atoms with Crippen molar-refractivity contribution in [3.63, 3.8) is 0 Å². The maximum atomic E-state index is 5.91. The van der Waals surface area contributed by atoms with E-state index in [2.05, 4.69) is 27.5 Å². The molecule has 21 heavy (non-hydrogen) atoms. The lowest BCUT2D eigenvalue weighted by Gasteiger charge is -2.07. The molecular formula is C16H17ClN4. The SMILES string of the molecule is Cc1ccnc2c1nc(CCCl)n2CCc1cccnc1. The fourth-order valence-corrected chi connectivity index (χ4v) is 2.65. The number of hydrogen-bond donors (Lipinski definition) is 0. The molecule has 0 saturated carbocycles. The zero-order chi connectivity index (χ0) is 14.7. The van der Waals surface area contributed by atoms with Crippen molar-refractivity contribution in [1.82, 2.24) is 19.5 Å². The van der Waals surface area contributed by atoms with E-state index >= 15 is 0 Å². The molecule has 0 bridgehead atoms. The van der Waals surface area contributed by atoms with Crippen molar-refractivity contribution in [2.24, 2.45) is 0 Å². The summed E-state index contributed by atoms with van der Waals surface area (Å²) in [4.78, 5) is 13.4. The van der Waals surface area contributed by atoms with Crippen LogP contribution < -0.4 is 0 Å². The number of imidazole rings is 1. The highest BCUT2D eigenvalue weighted by Crippen LogP contribution is 2.18. The van der Waals surface area contributed by atoms with E-state index in [1.165, 1.54) is 5.56 Å². The third-order valence-corrected chi connectivity index (χ3v) is 3.77. The first-order valence-corrected chi connectivity index (χ1v) is 7.58. The Bertz CT molecular complexity index is 737. The number of halogens is 1. The Hall–Kier alpha value is -1.94.